The Labute approximate surface area is 80.0 Å². The molecule has 1 aromatic rings. The number of aryl methyl sites for hydroxylation is 2. The fraction of sp³-hybridized carbons (Fsp3) is 0.727. The van der Waals surface area contributed by atoms with Crippen LogP contribution >= 0.6 is 0 Å². The minimum absolute atomic E-state index is 1.23. The predicted molar refractivity (Wildman–Crippen MR) is 53.7 cm³/mol. The average molecular weight is 178 g/mol. The number of hydrogen-bond acceptors (Lipinski definition) is 1. The highest BCUT2D eigenvalue weighted by Gasteiger charge is 2.09. The van der Waals surface area contributed by atoms with Gasteiger partial charge in [-0.05, 0) is 31.2 Å². The van der Waals surface area contributed by atoms with Gasteiger partial charge >= 0.3 is 0 Å². The zero-order valence-electron chi connectivity index (χ0n) is 8.42. The lowest BCUT2D eigenvalue weighted by atomic mass is 10.1. The van der Waals surface area contributed by atoms with Crippen LogP contribution in [0.15, 0.2) is 6.20 Å². The summed E-state index contributed by atoms with van der Waals surface area (Å²) in [6.45, 7) is 0. The highest BCUT2D eigenvalue weighted by atomic mass is 15.3. The van der Waals surface area contributed by atoms with Crippen molar-refractivity contribution in [3.8, 4) is 0 Å². The maximum absolute atomic E-state index is 4.33. The molecule has 1 aliphatic carbocycles. The molecule has 72 valence electrons. The molecule has 2 nitrogen and oxygen atoms in total. The Morgan fingerprint density at radius 1 is 1.08 bits per heavy atom. The van der Waals surface area contributed by atoms with Gasteiger partial charge in [0.2, 0.25) is 0 Å². The van der Waals surface area contributed by atoms with E-state index in [4.69, 9.17) is 0 Å². The molecule has 0 saturated carbocycles. The van der Waals surface area contributed by atoms with Crippen molar-refractivity contribution in [2.75, 3.05) is 0 Å². The number of nitrogens with zero attached hydrogens (tertiary/aromatic N) is 2. The van der Waals surface area contributed by atoms with E-state index >= 15 is 0 Å². The van der Waals surface area contributed by atoms with Gasteiger partial charge in [0.1, 0.15) is 0 Å². The monoisotopic (exact) mass is 178 g/mol. The molecule has 13 heavy (non-hydrogen) atoms. The predicted octanol–water partition coefficient (Wildman–Crippen LogP) is 2.47. The van der Waals surface area contributed by atoms with Crippen molar-refractivity contribution >= 4 is 0 Å². The van der Waals surface area contributed by atoms with Crippen molar-refractivity contribution < 1.29 is 0 Å². The van der Waals surface area contributed by atoms with E-state index in [1.807, 2.05) is 0 Å². The van der Waals surface area contributed by atoms with Gasteiger partial charge in [0, 0.05) is 12.7 Å². The first kappa shape index (κ1) is 8.79. The van der Waals surface area contributed by atoms with Crippen LogP contribution in [-0.4, -0.2) is 9.78 Å². The Balaban J connectivity index is 2.19. The van der Waals surface area contributed by atoms with Crippen molar-refractivity contribution in [1.82, 2.24) is 9.78 Å². The zero-order valence-corrected chi connectivity index (χ0v) is 8.42. The second-order valence-corrected chi connectivity index (χ2v) is 4.01. The van der Waals surface area contributed by atoms with E-state index in [0.717, 1.165) is 0 Å². The SMILES string of the molecule is Cn1ncc2c1CCCCCCC2. The Morgan fingerprint density at radius 2 is 1.77 bits per heavy atom. The highest BCUT2D eigenvalue weighted by molar-refractivity contribution is 5.18. The molecule has 0 aromatic carbocycles. The van der Waals surface area contributed by atoms with E-state index in [0.29, 0.717) is 0 Å². The summed E-state index contributed by atoms with van der Waals surface area (Å²) in [7, 11) is 2.07. The minimum atomic E-state index is 1.23. The van der Waals surface area contributed by atoms with Crippen LogP contribution in [0.3, 0.4) is 0 Å². The van der Waals surface area contributed by atoms with Crippen LogP contribution in [0.5, 0.6) is 0 Å². The molecule has 0 radical (unpaired) electrons. The Hall–Kier alpha value is -0.790. The number of rotatable bonds is 0. The summed E-state index contributed by atoms with van der Waals surface area (Å²) in [6, 6.07) is 0. The van der Waals surface area contributed by atoms with E-state index in [2.05, 4.69) is 23.0 Å². The van der Waals surface area contributed by atoms with Crippen molar-refractivity contribution in [3.05, 3.63) is 17.5 Å². The molecule has 0 bridgehead atoms. The number of fused-ring (bicyclic) bond motifs is 1. The van der Waals surface area contributed by atoms with Crippen molar-refractivity contribution in [2.24, 2.45) is 7.05 Å². The van der Waals surface area contributed by atoms with Gasteiger partial charge in [-0.3, -0.25) is 4.68 Å². The number of aromatic nitrogens is 2. The number of hydrogen-bond donors (Lipinski definition) is 0. The molecular formula is C11H18N2. The Bertz CT molecular complexity index is 276. The van der Waals surface area contributed by atoms with Crippen LogP contribution in [0, 0.1) is 0 Å². The summed E-state index contributed by atoms with van der Waals surface area (Å²) >= 11 is 0. The fourth-order valence-corrected chi connectivity index (χ4v) is 2.18. The summed E-state index contributed by atoms with van der Waals surface area (Å²) in [5.74, 6) is 0. The van der Waals surface area contributed by atoms with Crippen molar-refractivity contribution in [2.45, 2.75) is 44.9 Å². The van der Waals surface area contributed by atoms with E-state index in [9.17, 15) is 0 Å². The molecule has 0 unspecified atom stereocenters. The van der Waals surface area contributed by atoms with E-state index in [1.54, 1.807) is 0 Å². The van der Waals surface area contributed by atoms with E-state index in [-0.39, 0.29) is 0 Å². The second-order valence-electron chi connectivity index (χ2n) is 4.01. The molecule has 0 saturated heterocycles. The largest absolute Gasteiger partial charge is 0.272 e. The minimum Gasteiger partial charge on any atom is -0.272 e. The molecule has 2 rings (SSSR count). The maximum Gasteiger partial charge on any atom is 0.0524 e. The van der Waals surface area contributed by atoms with Crippen LogP contribution in [0.1, 0.15) is 43.4 Å². The summed E-state index contributed by atoms with van der Waals surface area (Å²) in [6.07, 6.45) is 11.4. The third-order valence-corrected chi connectivity index (χ3v) is 3.01. The topological polar surface area (TPSA) is 17.8 Å². The molecule has 0 aliphatic heterocycles. The third-order valence-electron chi connectivity index (χ3n) is 3.01. The second kappa shape index (κ2) is 3.95. The molecule has 0 amide bonds. The van der Waals surface area contributed by atoms with Crippen molar-refractivity contribution in [1.29, 1.82) is 0 Å². The van der Waals surface area contributed by atoms with Gasteiger partial charge < -0.3 is 0 Å². The molecule has 1 aliphatic rings. The molecule has 0 fully saturated rings. The average Bonchev–Trinajstić information content (AvgIpc) is 2.51. The lowest BCUT2D eigenvalue weighted by Crippen LogP contribution is -2.00. The van der Waals surface area contributed by atoms with Crippen LogP contribution in [0.2, 0.25) is 0 Å². The van der Waals surface area contributed by atoms with Gasteiger partial charge in [-0.2, -0.15) is 5.10 Å². The van der Waals surface area contributed by atoms with Crippen molar-refractivity contribution in [3.63, 3.8) is 0 Å². The molecule has 1 aromatic heterocycles. The summed E-state index contributed by atoms with van der Waals surface area (Å²) < 4.78 is 2.06. The normalized spacial score (nSPS) is 18.5. The maximum atomic E-state index is 4.33. The van der Waals surface area contributed by atoms with Gasteiger partial charge in [-0.15, -0.1) is 0 Å². The first-order valence-corrected chi connectivity index (χ1v) is 5.37. The van der Waals surface area contributed by atoms with Gasteiger partial charge in [0.15, 0.2) is 0 Å². The zero-order chi connectivity index (χ0) is 9.10. The highest BCUT2D eigenvalue weighted by Crippen LogP contribution is 2.18. The van der Waals surface area contributed by atoms with Gasteiger partial charge in [-0.25, -0.2) is 0 Å². The summed E-state index contributed by atoms with van der Waals surface area (Å²) in [5, 5.41) is 4.33. The molecular weight excluding hydrogens is 160 g/mol. The first-order chi connectivity index (χ1) is 6.38. The standard InChI is InChI=1S/C11H18N2/c1-13-11-8-6-4-2-3-5-7-10(11)9-12-13/h9H,2-8H2,1H3. The summed E-state index contributed by atoms with van der Waals surface area (Å²) in [5.41, 5.74) is 2.96. The van der Waals surface area contributed by atoms with Gasteiger partial charge in [0.25, 0.3) is 0 Å². The van der Waals surface area contributed by atoms with E-state index < -0.39 is 0 Å². The lowest BCUT2D eigenvalue weighted by Gasteiger charge is -2.02. The van der Waals surface area contributed by atoms with Crippen LogP contribution in [0.25, 0.3) is 0 Å². The van der Waals surface area contributed by atoms with Crippen LogP contribution < -0.4 is 0 Å². The molecule has 1 heterocycles. The summed E-state index contributed by atoms with van der Waals surface area (Å²) in [4.78, 5) is 0. The molecule has 0 atom stereocenters. The lowest BCUT2D eigenvalue weighted by molar-refractivity contribution is 0.614. The van der Waals surface area contributed by atoms with Crippen LogP contribution in [0.4, 0.5) is 0 Å². The smallest absolute Gasteiger partial charge is 0.0524 e. The fourth-order valence-electron chi connectivity index (χ4n) is 2.18. The van der Waals surface area contributed by atoms with Crippen LogP contribution in [-0.2, 0) is 19.9 Å². The van der Waals surface area contributed by atoms with Gasteiger partial charge in [0.05, 0.1) is 6.20 Å². The van der Waals surface area contributed by atoms with E-state index in [1.165, 1.54) is 56.2 Å². The molecule has 0 spiro atoms. The Morgan fingerprint density at radius 3 is 2.62 bits per heavy atom. The quantitative estimate of drug-likeness (QED) is 0.596. The first-order valence-electron chi connectivity index (χ1n) is 5.37. The molecule has 2 heteroatoms. The molecule has 0 N–H and O–H groups in total. The Kier molecular flexibility index (Phi) is 2.67. The third kappa shape index (κ3) is 1.93. The van der Waals surface area contributed by atoms with Gasteiger partial charge in [-0.1, -0.05) is 19.3 Å².